The molecule has 0 amide bonds. The summed E-state index contributed by atoms with van der Waals surface area (Å²) in [5, 5.41) is 6.02. The molecule has 1 fully saturated rings. The first-order valence-corrected chi connectivity index (χ1v) is 9.12. The second-order valence-corrected chi connectivity index (χ2v) is 7.55. The molecule has 1 aliphatic heterocycles. The molecular weight excluding hydrogens is 314 g/mol. The SMILES string of the molecule is Cc1cc(C)c2c(N3CC(CCNS(N)(=O)=O)C3)ncnc2c1. The first kappa shape index (κ1) is 16.1. The van der Waals surface area contributed by atoms with Gasteiger partial charge in [-0.1, -0.05) is 6.07 Å². The van der Waals surface area contributed by atoms with Gasteiger partial charge in [0.15, 0.2) is 0 Å². The number of aromatic nitrogens is 2. The Balaban J connectivity index is 1.69. The number of benzene rings is 1. The van der Waals surface area contributed by atoms with E-state index in [0.717, 1.165) is 36.2 Å². The number of nitrogens with two attached hydrogens (primary N) is 1. The maximum Gasteiger partial charge on any atom is 0.274 e. The molecule has 0 atom stereocenters. The van der Waals surface area contributed by atoms with Gasteiger partial charge in [0.1, 0.15) is 12.1 Å². The predicted octanol–water partition coefficient (Wildman–Crippen LogP) is 0.866. The summed E-state index contributed by atoms with van der Waals surface area (Å²) in [6, 6.07) is 4.21. The number of aryl methyl sites for hydroxylation is 2. The molecule has 0 unspecified atom stereocenters. The molecule has 0 aliphatic carbocycles. The average Bonchev–Trinajstić information content (AvgIpc) is 2.39. The van der Waals surface area contributed by atoms with Gasteiger partial charge in [-0.05, 0) is 43.4 Å². The van der Waals surface area contributed by atoms with E-state index in [1.54, 1.807) is 6.33 Å². The predicted molar refractivity (Wildman–Crippen MR) is 90.4 cm³/mol. The van der Waals surface area contributed by atoms with Crippen molar-refractivity contribution in [3.05, 3.63) is 29.6 Å². The highest BCUT2D eigenvalue weighted by atomic mass is 32.2. The zero-order valence-corrected chi connectivity index (χ0v) is 14.1. The lowest BCUT2D eigenvalue weighted by Gasteiger charge is -2.40. The summed E-state index contributed by atoms with van der Waals surface area (Å²) < 4.78 is 24.0. The van der Waals surface area contributed by atoms with Crippen LogP contribution in [0.4, 0.5) is 5.82 Å². The van der Waals surface area contributed by atoms with Gasteiger partial charge in [-0.2, -0.15) is 8.42 Å². The third-order valence-electron chi connectivity index (χ3n) is 4.17. The summed E-state index contributed by atoms with van der Waals surface area (Å²) in [4.78, 5) is 11.0. The van der Waals surface area contributed by atoms with Gasteiger partial charge in [0.05, 0.1) is 5.52 Å². The summed E-state index contributed by atoms with van der Waals surface area (Å²) in [6.07, 6.45) is 2.38. The Morgan fingerprint density at radius 2 is 2.04 bits per heavy atom. The van der Waals surface area contributed by atoms with Crippen LogP contribution in [0.2, 0.25) is 0 Å². The minimum Gasteiger partial charge on any atom is -0.355 e. The van der Waals surface area contributed by atoms with Crippen molar-refractivity contribution in [3.8, 4) is 0 Å². The molecule has 124 valence electrons. The van der Waals surface area contributed by atoms with E-state index in [9.17, 15) is 8.42 Å². The monoisotopic (exact) mass is 335 g/mol. The Hall–Kier alpha value is -1.77. The lowest BCUT2D eigenvalue weighted by Crippen LogP contribution is -2.48. The zero-order chi connectivity index (χ0) is 16.6. The minimum absolute atomic E-state index is 0.375. The second kappa shape index (κ2) is 6.03. The van der Waals surface area contributed by atoms with Crippen molar-refractivity contribution in [2.45, 2.75) is 20.3 Å². The number of nitrogens with zero attached hydrogens (tertiary/aromatic N) is 3. The van der Waals surface area contributed by atoms with E-state index in [1.165, 1.54) is 11.1 Å². The molecule has 1 aromatic heterocycles. The lowest BCUT2D eigenvalue weighted by molar-refractivity contribution is 0.382. The summed E-state index contributed by atoms with van der Waals surface area (Å²) in [5.74, 6) is 1.41. The third-order valence-corrected chi connectivity index (χ3v) is 4.78. The summed E-state index contributed by atoms with van der Waals surface area (Å²) in [7, 11) is -3.59. The van der Waals surface area contributed by atoms with E-state index in [2.05, 4.69) is 45.6 Å². The van der Waals surface area contributed by atoms with E-state index < -0.39 is 10.2 Å². The molecule has 0 saturated carbocycles. The minimum atomic E-state index is -3.59. The Morgan fingerprint density at radius 3 is 2.74 bits per heavy atom. The van der Waals surface area contributed by atoms with Gasteiger partial charge in [-0.3, -0.25) is 0 Å². The number of rotatable bonds is 5. The molecule has 2 aromatic rings. The molecule has 7 nitrogen and oxygen atoms in total. The number of hydrogen-bond acceptors (Lipinski definition) is 5. The molecule has 1 saturated heterocycles. The van der Waals surface area contributed by atoms with Gasteiger partial charge in [-0.25, -0.2) is 19.8 Å². The normalized spacial score (nSPS) is 15.9. The van der Waals surface area contributed by atoms with Crippen LogP contribution in [-0.4, -0.2) is 38.0 Å². The van der Waals surface area contributed by atoms with Gasteiger partial charge in [0.25, 0.3) is 10.2 Å². The summed E-state index contributed by atoms with van der Waals surface area (Å²) >= 11 is 0. The van der Waals surface area contributed by atoms with E-state index in [4.69, 9.17) is 5.14 Å². The molecule has 1 aliphatic rings. The summed E-state index contributed by atoms with van der Waals surface area (Å²) in [5.41, 5.74) is 3.33. The molecule has 23 heavy (non-hydrogen) atoms. The molecule has 3 rings (SSSR count). The fourth-order valence-electron chi connectivity index (χ4n) is 3.12. The lowest BCUT2D eigenvalue weighted by atomic mass is 9.95. The van der Waals surface area contributed by atoms with E-state index in [0.29, 0.717) is 12.5 Å². The third kappa shape index (κ3) is 3.60. The number of hydrogen-bond donors (Lipinski definition) is 2. The second-order valence-electron chi connectivity index (χ2n) is 6.17. The largest absolute Gasteiger partial charge is 0.355 e. The Morgan fingerprint density at radius 1 is 1.30 bits per heavy atom. The topological polar surface area (TPSA) is 101 Å². The van der Waals surface area contributed by atoms with Gasteiger partial charge < -0.3 is 4.90 Å². The Labute approximate surface area is 136 Å². The smallest absolute Gasteiger partial charge is 0.274 e. The van der Waals surface area contributed by atoms with Gasteiger partial charge in [0.2, 0.25) is 0 Å². The van der Waals surface area contributed by atoms with Crippen molar-refractivity contribution >= 4 is 26.9 Å². The van der Waals surface area contributed by atoms with Crippen LogP contribution < -0.4 is 14.8 Å². The van der Waals surface area contributed by atoms with E-state index >= 15 is 0 Å². The first-order chi connectivity index (χ1) is 10.8. The number of anilines is 1. The number of fused-ring (bicyclic) bond motifs is 1. The van der Waals surface area contributed by atoms with Crippen molar-refractivity contribution in [2.24, 2.45) is 11.1 Å². The van der Waals surface area contributed by atoms with Gasteiger partial charge in [-0.15, -0.1) is 0 Å². The first-order valence-electron chi connectivity index (χ1n) is 7.58. The van der Waals surface area contributed by atoms with Crippen molar-refractivity contribution in [1.82, 2.24) is 14.7 Å². The molecule has 0 bridgehead atoms. The van der Waals surface area contributed by atoms with E-state index in [1.807, 2.05) is 0 Å². The Kier molecular flexibility index (Phi) is 4.22. The molecular formula is C15H21N5O2S. The van der Waals surface area contributed by atoms with Crippen LogP contribution in [-0.2, 0) is 10.2 Å². The standard InChI is InChI=1S/C15H21N5O2S/c1-10-5-11(2)14-13(6-10)17-9-18-15(14)20-7-12(8-20)3-4-19-23(16,21)22/h5-6,9,12,19H,3-4,7-8H2,1-2H3,(H2,16,21,22). The van der Waals surface area contributed by atoms with Crippen LogP contribution in [0, 0.1) is 19.8 Å². The molecule has 0 spiro atoms. The van der Waals surface area contributed by atoms with Crippen LogP contribution in [0.3, 0.4) is 0 Å². The van der Waals surface area contributed by atoms with Crippen LogP contribution in [0.15, 0.2) is 18.5 Å². The van der Waals surface area contributed by atoms with Gasteiger partial charge >= 0.3 is 0 Å². The molecule has 8 heteroatoms. The van der Waals surface area contributed by atoms with Crippen molar-refractivity contribution in [3.63, 3.8) is 0 Å². The van der Waals surface area contributed by atoms with Crippen LogP contribution in [0.5, 0.6) is 0 Å². The molecule has 3 N–H and O–H groups in total. The van der Waals surface area contributed by atoms with Crippen LogP contribution in [0.1, 0.15) is 17.5 Å². The fourth-order valence-corrected chi connectivity index (χ4v) is 3.52. The van der Waals surface area contributed by atoms with Crippen LogP contribution in [0.25, 0.3) is 10.9 Å². The Bertz CT molecular complexity index is 831. The quantitative estimate of drug-likeness (QED) is 0.844. The maximum atomic E-state index is 10.9. The number of nitrogens with one attached hydrogen (secondary N) is 1. The van der Waals surface area contributed by atoms with Crippen molar-refractivity contribution < 1.29 is 8.42 Å². The van der Waals surface area contributed by atoms with E-state index in [-0.39, 0.29) is 0 Å². The molecule has 1 aromatic carbocycles. The zero-order valence-electron chi connectivity index (χ0n) is 13.3. The van der Waals surface area contributed by atoms with Gasteiger partial charge in [0, 0.05) is 25.0 Å². The van der Waals surface area contributed by atoms with Crippen molar-refractivity contribution in [2.75, 3.05) is 24.5 Å². The van der Waals surface area contributed by atoms with Crippen molar-refractivity contribution in [1.29, 1.82) is 0 Å². The average molecular weight is 335 g/mol. The highest BCUT2D eigenvalue weighted by Crippen LogP contribution is 2.32. The molecule has 2 heterocycles. The highest BCUT2D eigenvalue weighted by molar-refractivity contribution is 7.87. The fraction of sp³-hybridized carbons (Fsp3) is 0.467. The highest BCUT2D eigenvalue weighted by Gasteiger charge is 2.29. The molecule has 0 radical (unpaired) electrons. The summed E-state index contributed by atoms with van der Waals surface area (Å²) in [6.45, 7) is 6.25. The maximum absolute atomic E-state index is 10.9. The van der Waals surface area contributed by atoms with Crippen LogP contribution >= 0.6 is 0 Å².